The molecule has 1 heterocycles. The van der Waals surface area contributed by atoms with Gasteiger partial charge in [0.15, 0.2) is 11.6 Å². The summed E-state index contributed by atoms with van der Waals surface area (Å²) < 4.78 is 0. The first-order valence-electron chi connectivity index (χ1n) is 9.39. The first-order chi connectivity index (χ1) is 13.8. The molecule has 0 atom stereocenters. The van der Waals surface area contributed by atoms with Gasteiger partial charge in [0.05, 0.1) is 5.92 Å². The fourth-order valence-electron chi connectivity index (χ4n) is 2.93. The molecule has 0 aliphatic rings. The number of carbonyl (C=O) groups excluding carboxylic acids is 1. The van der Waals surface area contributed by atoms with Gasteiger partial charge in [-0.3, -0.25) is 15.6 Å². The van der Waals surface area contributed by atoms with Gasteiger partial charge in [-0.1, -0.05) is 60.7 Å². The molecule has 7 heteroatoms. The zero-order valence-electron chi connectivity index (χ0n) is 16.8. The molecular formula is C22H26N6O. The topological polar surface area (TPSA) is 105 Å². The molecule has 3 rings (SSSR count). The van der Waals surface area contributed by atoms with Crippen molar-refractivity contribution in [3.05, 3.63) is 78.1 Å². The average molecular weight is 390 g/mol. The van der Waals surface area contributed by atoms with Gasteiger partial charge in [0.25, 0.3) is 0 Å². The number of aromatic nitrogens is 2. The predicted molar refractivity (Wildman–Crippen MR) is 116 cm³/mol. The van der Waals surface area contributed by atoms with E-state index in [0.29, 0.717) is 17.3 Å². The van der Waals surface area contributed by atoms with Crippen LogP contribution in [-0.4, -0.2) is 21.4 Å². The molecule has 0 spiro atoms. The molecule has 29 heavy (non-hydrogen) atoms. The number of benzene rings is 2. The van der Waals surface area contributed by atoms with Crippen LogP contribution in [0.25, 0.3) is 0 Å². The van der Waals surface area contributed by atoms with Gasteiger partial charge in [-0.05, 0) is 31.9 Å². The number of nitrogen functional groups attached to an aromatic ring is 1. The Hall–Kier alpha value is -3.61. The second-order valence-corrected chi connectivity index (χ2v) is 7.73. The summed E-state index contributed by atoms with van der Waals surface area (Å²) in [7, 11) is 0. The van der Waals surface area contributed by atoms with Gasteiger partial charge in [0.1, 0.15) is 12.0 Å². The fourth-order valence-corrected chi connectivity index (χ4v) is 2.93. The van der Waals surface area contributed by atoms with Crippen molar-refractivity contribution in [3.8, 4) is 0 Å². The minimum absolute atomic E-state index is 0.214. The first kappa shape index (κ1) is 20.1. The molecule has 0 saturated carbocycles. The minimum atomic E-state index is -0.472. The highest BCUT2D eigenvalue weighted by Gasteiger charge is 2.23. The van der Waals surface area contributed by atoms with Crippen LogP contribution in [0.3, 0.4) is 0 Å². The van der Waals surface area contributed by atoms with Crippen molar-refractivity contribution in [2.45, 2.75) is 32.2 Å². The highest BCUT2D eigenvalue weighted by Crippen LogP contribution is 2.26. The maximum atomic E-state index is 13.1. The fraction of sp³-hybridized carbons (Fsp3) is 0.227. The van der Waals surface area contributed by atoms with Gasteiger partial charge in [-0.2, -0.15) is 0 Å². The quantitative estimate of drug-likeness (QED) is 0.480. The van der Waals surface area contributed by atoms with Crippen molar-refractivity contribution in [1.82, 2.24) is 15.4 Å². The number of rotatable bonds is 6. The van der Waals surface area contributed by atoms with E-state index in [4.69, 9.17) is 5.73 Å². The number of hydrogen-bond acceptors (Lipinski definition) is 6. The second-order valence-electron chi connectivity index (χ2n) is 7.73. The van der Waals surface area contributed by atoms with Crippen molar-refractivity contribution in [1.29, 1.82) is 0 Å². The van der Waals surface area contributed by atoms with Gasteiger partial charge in [-0.25, -0.2) is 9.97 Å². The first-order valence-corrected chi connectivity index (χ1v) is 9.39. The van der Waals surface area contributed by atoms with Crippen LogP contribution in [0.5, 0.6) is 0 Å². The van der Waals surface area contributed by atoms with Crippen LogP contribution >= 0.6 is 0 Å². The molecule has 7 nitrogen and oxygen atoms in total. The predicted octanol–water partition coefficient (Wildman–Crippen LogP) is 3.54. The van der Waals surface area contributed by atoms with E-state index in [0.717, 1.165) is 11.1 Å². The number of nitrogens with one attached hydrogen (secondary N) is 3. The molecule has 150 valence electrons. The lowest BCUT2D eigenvalue weighted by Crippen LogP contribution is -2.35. The minimum Gasteiger partial charge on any atom is -0.393 e. The lowest BCUT2D eigenvalue weighted by atomic mass is 9.91. The Morgan fingerprint density at radius 3 is 1.93 bits per heavy atom. The van der Waals surface area contributed by atoms with E-state index in [9.17, 15) is 4.79 Å². The smallest absolute Gasteiger partial charge is 0.250 e. The van der Waals surface area contributed by atoms with Crippen molar-refractivity contribution >= 4 is 23.2 Å². The zero-order valence-corrected chi connectivity index (χ0v) is 16.8. The molecule has 1 aromatic heterocycles. The lowest BCUT2D eigenvalue weighted by Gasteiger charge is -2.23. The summed E-state index contributed by atoms with van der Waals surface area (Å²) in [6.07, 6.45) is 1.39. The van der Waals surface area contributed by atoms with Gasteiger partial charge >= 0.3 is 0 Å². The van der Waals surface area contributed by atoms with E-state index < -0.39 is 5.92 Å². The van der Waals surface area contributed by atoms with Gasteiger partial charge in [0, 0.05) is 5.54 Å². The maximum absolute atomic E-state index is 13.1. The largest absolute Gasteiger partial charge is 0.393 e. The molecule has 0 aliphatic carbocycles. The Balaban J connectivity index is 1.80. The zero-order chi connectivity index (χ0) is 20.9. The van der Waals surface area contributed by atoms with Crippen LogP contribution in [0.2, 0.25) is 0 Å². The number of hydrogen-bond donors (Lipinski definition) is 4. The molecular weight excluding hydrogens is 364 g/mol. The molecule has 1 amide bonds. The van der Waals surface area contributed by atoms with Crippen LogP contribution in [-0.2, 0) is 4.79 Å². The summed E-state index contributed by atoms with van der Waals surface area (Å²) in [6.45, 7) is 6.02. The third-order valence-corrected chi connectivity index (χ3v) is 4.21. The number of carbonyl (C=O) groups is 1. The molecule has 3 aromatic rings. The molecule has 0 aliphatic heterocycles. The maximum Gasteiger partial charge on any atom is 0.250 e. The summed E-state index contributed by atoms with van der Waals surface area (Å²) in [6, 6.07) is 19.2. The Morgan fingerprint density at radius 1 is 0.897 bits per heavy atom. The molecule has 5 N–H and O–H groups in total. The van der Waals surface area contributed by atoms with Gasteiger partial charge in [0.2, 0.25) is 5.91 Å². The lowest BCUT2D eigenvalue weighted by molar-refractivity contribution is -0.121. The van der Waals surface area contributed by atoms with E-state index in [1.165, 1.54) is 6.33 Å². The summed E-state index contributed by atoms with van der Waals surface area (Å²) in [5.41, 5.74) is 13.7. The summed E-state index contributed by atoms with van der Waals surface area (Å²) in [5.74, 6) is 0.151. The van der Waals surface area contributed by atoms with E-state index in [1.54, 1.807) is 0 Å². The molecule has 2 aromatic carbocycles. The Labute approximate surface area is 170 Å². The normalized spacial score (nSPS) is 11.2. The Kier molecular flexibility index (Phi) is 5.97. The van der Waals surface area contributed by atoms with Crippen molar-refractivity contribution in [2.24, 2.45) is 0 Å². The van der Waals surface area contributed by atoms with E-state index in [-0.39, 0.29) is 11.4 Å². The third-order valence-electron chi connectivity index (χ3n) is 4.21. The number of nitrogens with zero attached hydrogens (tertiary/aromatic N) is 2. The SMILES string of the molecule is CC(C)(C)Nc1ncnc(NNC(=O)C(c2ccccc2)c2ccccc2)c1N. The van der Waals surface area contributed by atoms with Gasteiger partial charge in [-0.15, -0.1) is 0 Å². The number of amides is 1. The molecule has 0 saturated heterocycles. The van der Waals surface area contributed by atoms with Crippen molar-refractivity contribution in [2.75, 3.05) is 16.5 Å². The van der Waals surface area contributed by atoms with Crippen molar-refractivity contribution < 1.29 is 4.79 Å². The van der Waals surface area contributed by atoms with Crippen LogP contribution < -0.4 is 21.9 Å². The summed E-state index contributed by atoms with van der Waals surface area (Å²) in [4.78, 5) is 21.4. The van der Waals surface area contributed by atoms with E-state index in [1.807, 2.05) is 81.4 Å². The van der Waals surface area contributed by atoms with Crippen LogP contribution in [0.4, 0.5) is 17.3 Å². The number of nitrogens with two attached hydrogens (primary N) is 1. The van der Waals surface area contributed by atoms with Gasteiger partial charge < -0.3 is 11.1 Å². The molecule has 0 bridgehead atoms. The highest BCUT2D eigenvalue weighted by atomic mass is 16.2. The summed E-state index contributed by atoms with van der Waals surface area (Å²) >= 11 is 0. The van der Waals surface area contributed by atoms with E-state index >= 15 is 0 Å². The van der Waals surface area contributed by atoms with E-state index in [2.05, 4.69) is 26.1 Å². The summed E-state index contributed by atoms with van der Waals surface area (Å²) in [5, 5.41) is 3.22. The molecule has 0 radical (unpaired) electrons. The molecule has 0 unspecified atom stereocenters. The van der Waals surface area contributed by atoms with Crippen LogP contribution in [0, 0.1) is 0 Å². The Morgan fingerprint density at radius 2 is 1.41 bits per heavy atom. The third kappa shape index (κ3) is 5.22. The average Bonchev–Trinajstić information content (AvgIpc) is 2.69. The van der Waals surface area contributed by atoms with Crippen LogP contribution in [0.15, 0.2) is 67.0 Å². The standard InChI is InChI=1S/C22H26N6O/c1-22(2,3)26-19-18(23)20(25-14-24-19)27-28-21(29)17(15-10-6-4-7-11-15)16-12-8-5-9-13-16/h4-14,17H,23H2,1-3H3,(H,28,29)(H2,24,25,26,27). The second kappa shape index (κ2) is 8.60. The number of hydrazine groups is 1. The Bertz CT molecular complexity index is 915. The van der Waals surface area contributed by atoms with Crippen LogP contribution in [0.1, 0.15) is 37.8 Å². The monoisotopic (exact) mass is 390 g/mol. The van der Waals surface area contributed by atoms with Crippen molar-refractivity contribution in [3.63, 3.8) is 0 Å². The molecule has 0 fully saturated rings. The highest BCUT2D eigenvalue weighted by molar-refractivity contribution is 5.88. The number of anilines is 3.